The first-order chi connectivity index (χ1) is 11.3. The van der Waals surface area contributed by atoms with Gasteiger partial charge in [-0.25, -0.2) is 0 Å². The van der Waals surface area contributed by atoms with Crippen molar-refractivity contribution >= 4 is 0 Å². The van der Waals surface area contributed by atoms with Crippen LogP contribution in [0.3, 0.4) is 0 Å². The molecule has 0 amide bonds. The Kier molecular flexibility index (Phi) is 4.82. The van der Waals surface area contributed by atoms with E-state index in [0.717, 1.165) is 6.42 Å². The molecule has 3 rings (SSSR count). The number of hydrogen-bond donors (Lipinski definition) is 0. The summed E-state index contributed by atoms with van der Waals surface area (Å²) in [5.74, 6) is 0.562. The largest absolute Gasteiger partial charge is 0.197 e. The predicted octanol–water partition coefficient (Wildman–Crippen LogP) is 6.11. The van der Waals surface area contributed by atoms with Crippen LogP contribution in [0.4, 0.5) is 0 Å². The average Bonchev–Trinajstić information content (AvgIpc) is 3.34. The zero-order valence-corrected chi connectivity index (χ0v) is 14.0. The smallest absolute Gasteiger partial charge is 0.0854 e. The highest BCUT2D eigenvalue weighted by Crippen LogP contribution is 2.56. The molecular weight excluding hydrogens is 278 g/mol. The predicted molar refractivity (Wildman–Crippen MR) is 96.0 cm³/mol. The van der Waals surface area contributed by atoms with E-state index in [-0.39, 0.29) is 5.41 Å². The third-order valence-electron chi connectivity index (χ3n) is 5.22. The molecule has 1 heteroatoms. The number of nitrogens with zero attached hydrogens (tertiary/aromatic N) is 1. The van der Waals surface area contributed by atoms with Gasteiger partial charge >= 0.3 is 0 Å². The summed E-state index contributed by atoms with van der Waals surface area (Å²) in [4.78, 5) is 0. The third kappa shape index (κ3) is 3.32. The molecule has 0 radical (unpaired) electrons. The first kappa shape index (κ1) is 15.8. The van der Waals surface area contributed by atoms with E-state index in [4.69, 9.17) is 0 Å². The fourth-order valence-corrected chi connectivity index (χ4v) is 3.64. The van der Waals surface area contributed by atoms with Crippen molar-refractivity contribution in [3.8, 4) is 17.2 Å². The van der Waals surface area contributed by atoms with Crippen LogP contribution in [0.25, 0.3) is 11.1 Å². The van der Waals surface area contributed by atoms with Crippen LogP contribution in [0, 0.1) is 17.2 Å². The van der Waals surface area contributed by atoms with Gasteiger partial charge in [-0.1, -0.05) is 87.2 Å². The van der Waals surface area contributed by atoms with Crippen LogP contribution < -0.4 is 0 Å². The zero-order valence-electron chi connectivity index (χ0n) is 14.0. The normalized spacial score (nSPS) is 22.5. The molecule has 1 saturated carbocycles. The summed E-state index contributed by atoms with van der Waals surface area (Å²) in [7, 11) is 0. The Hall–Kier alpha value is -2.07. The fraction of sp³-hybridized carbons (Fsp3) is 0.409. The van der Waals surface area contributed by atoms with Crippen LogP contribution in [0.5, 0.6) is 0 Å². The molecule has 0 N–H and O–H groups in total. The number of unbranched alkanes of at least 4 members (excludes halogenated alkanes) is 3. The summed E-state index contributed by atoms with van der Waals surface area (Å²) in [5, 5.41) is 9.72. The second kappa shape index (κ2) is 7.01. The molecule has 2 aromatic rings. The average molecular weight is 303 g/mol. The van der Waals surface area contributed by atoms with Gasteiger partial charge in [0.05, 0.1) is 11.5 Å². The van der Waals surface area contributed by atoms with Crippen molar-refractivity contribution in [2.24, 2.45) is 5.92 Å². The van der Waals surface area contributed by atoms with Crippen LogP contribution in [-0.4, -0.2) is 0 Å². The lowest BCUT2D eigenvalue weighted by molar-refractivity contribution is 0.571. The van der Waals surface area contributed by atoms with E-state index >= 15 is 0 Å². The third-order valence-corrected chi connectivity index (χ3v) is 5.22. The van der Waals surface area contributed by atoms with Gasteiger partial charge in [-0.3, -0.25) is 0 Å². The number of rotatable bonds is 7. The maximum Gasteiger partial charge on any atom is 0.0854 e. The number of hydrogen-bond acceptors (Lipinski definition) is 1. The molecule has 1 aliphatic carbocycles. The number of benzene rings is 2. The van der Waals surface area contributed by atoms with Crippen LogP contribution in [0.1, 0.15) is 51.0 Å². The fourth-order valence-electron chi connectivity index (χ4n) is 3.64. The van der Waals surface area contributed by atoms with Gasteiger partial charge in [0.25, 0.3) is 0 Å². The molecule has 1 aliphatic rings. The molecular formula is C22H25N. The molecule has 23 heavy (non-hydrogen) atoms. The van der Waals surface area contributed by atoms with Crippen molar-refractivity contribution in [1.29, 1.82) is 5.26 Å². The van der Waals surface area contributed by atoms with E-state index in [1.54, 1.807) is 0 Å². The molecule has 0 unspecified atom stereocenters. The molecule has 1 fully saturated rings. The van der Waals surface area contributed by atoms with E-state index < -0.39 is 0 Å². The molecule has 0 saturated heterocycles. The maximum atomic E-state index is 9.72. The second-order valence-corrected chi connectivity index (χ2v) is 6.78. The Labute approximate surface area is 140 Å². The van der Waals surface area contributed by atoms with E-state index in [2.05, 4.69) is 61.5 Å². The molecule has 0 heterocycles. The van der Waals surface area contributed by atoms with Gasteiger partial charge in [-0.05, 0) is 35.4 Å². The van der Waals surface area contributed by atoms with E-state index in [1.807, 2.05) is 6.07 Å². The van der Waals surface area contributed by atoms with Gasteiger partial charge in [0.2, 0.25) is 0 Å². The van der Waals surface area contributed by atoms with Crippen molar-refractivity contribution in [3.63, 3.8) is 0 Å². The standard InChI is InChI=1S/C22H25N/c1-2-3-4-8-11-21-16-22(21,17-23)20-14-12-19(13-15-20)18-9-6-5-7-10-18/h5-7,9-10,12-15,21H,2-4,8,11,16H2,1H3/t21-,22+/m0/s1. The van der Waals surface area contributed by atoms with E-state index in [1.165, 1.54) is 48.8 Å². The van der Waals surface area contributed by atoms with Crippen molar-refractivity contribution in [3.05, 3.63) is 60.2 Å². The lowest BCUT2D eigenvalue weighted by Gasteiger charge is -2.11. The van der Waals surface area contributed by atoms with Gasteiger partial charge in [0.1, 0.15) is 0 Å². The van der Waals surface area contributed by atoms with Crippen molar-refractivity contribution < 1.29 is 0 Å². The summed E-state index contributed by atoms with van der Waals surface area (Å²) in [6.45, 7) is 2.24. The second-order valence-electron chi connectivity index (χ2n) is 6.78. The monoisotopic (exact) mass is 303 g/mol. The number of nitriles is 1. The highest BCUT2D eigenvalue weighted by Gasteiger charge is 2.55. The minimum absolute atomic E-state index is 0.207. The maximum absolute atomic E-state index is 9.72. The summed E-state index contributed by atoms with van der Waals surface area (Å²) < 4.78 is 0. The van der Waals surface area contributed by atoms with E-state index in [0.29, 0.717) is 5.92 Å². The molecule has 0 aromatic heterocycles. The Balaban J connectivity index is 1.68. The summed E-state index contributed by atoms with van der Waals surface area (Å²) in [6, 6.07) is 21.7. The highest BCUT2D eigenvalue weighted by atomic mass is 14.6. The summed E-state index contributed by atoms with van der Waals surface area (Å²) in [5.41, 5.74) is 3.46. The van der Waals surface area contributed by atoms with Crippen molar-refractivity contribution in [2.75, 3.05) is 0 Å². The van der Waals surface area contributed by atoms with Gasteiger partial charge in [-0.15, -0.1) is 0 Å². The minimum Gasteiger partial charge on any atom is -0.197 e. The SMILES string of the molecule is CCCCCC[C@H]1C[C@@]1(C#N)c1ccc(-c2ccccc2)cc1. The van der Waals surface area contributed by atoms with Crippen LogP contribution >= 0.6 is 0 Å². The van der Waals surface area contributed by atoms with E-state index in [9.17, 15) is 5.26 Å². The summed E-state index contributed by atoms with van der Waals surface area (Å²) in [6.07, 6.45) is 7.41. The highest BCUT2D eigenvalue weighted by molar-refractivity contribution is 5.64. The van der Waals surface area contributed by atoms with Gasteiger partial charge in [-0.2, -0.15) is 5.26 Å². The Morgan fingerprint density at radius 3 is 2.30 bits per heavy atom. The first-order valence-corrected chi connectivity index (χ1v) is 8.87. The lowest BCUT2D eigenvalue weighted by Crippen LogP contribution is -2.07. The topological polar surface area (TPSA) is 23.8 Å². The molecule has 0 bridgehead atoms. The molecule has 0 aliphatic heterocycles. The molecule has 1 nitrogen and oxygen atoms in total. The minimum atomic E-state index is -0.207. The Morgan fingerprint density at radius 2 is 1.65 bits per heavy atom. The lowest BCUT2D eigenvalue weighted by atomic mass is 9.91. The quantitative estimate of drug-likeness (QED) is 0.566. The van der Waals surface area contributed by atoms with Crippen molar-refractivity contribution in [1.82, 2.24) is 0 Å². The molecule has 2 atom stereocenters. The van der Waals surface area contributed by atoms with Crippen LogP contribution in [0.15, 0.2) is 54.6 Å². The van der Waals surface area contributed by atoms with Gasteiger partial charge in [0.15, 0.2) is 0 Å². The molecule has 0 spiro atoms. The molecule has 2 aromatic carbocycles. The zero-order chi connectivity index (χ0) is 16.1. The first-order valence-electron chi connectivity index (χ1n) is 8.87. The van der Waals surface area contributed by atoms with Crippen molar-refractivity contribution in [2.45, 2.75) is 50.9 Å². The molecule has 118 valence electrons. The van der Waals surface area contributed by atoms with Crippen LogP contribution in [-0.2, 0) is 5.41 Å². The Bertz CT molecular complexity index is 665. The van der Waals surface area contributed by atoms with Gasteiger partial charge < -0.3 is 0 Å². The van der Waals surface area contributed by atoms with Gasteiger partial charge in [0, 0.05) is 0 Å². The Morgan fingerprint density at radius 1 is 0.957 bits per heavy atom. The summed E-state index contributed by atoms with van der Waals surface area (Å²) >= 11 is 0. The van der Waals surface area contributed by atoms with Crippen LogP contribution in [0.2, 0.25) is 0 Å².